The summed E-state index contributed by atoms with van der Waals surface area (Å²) in [7, 11) is 1.97. The van der Waals surface area contributed by atoms with Gasteiger partial charge in [-0.15, -0.1) is 0 Å². The fraction of sp³-hybridized carbons (Fsp3) is 0.667. The summed E-state index contributed by atoms with van der Waals surface area (Å²) in [5.74, 6) is 0.632. The van der Waals surface area contributed by atoms with Gasteiger partial charge in [0.25, 0.3) is 0 Å². The molecule has 0 radical (unpaired) electrons. The van der Waals surface area contributed by atoms with E-state index in [9.17, 15) is 0 Å². The molecule has 1 aliphatic rings. The average molecular weight is 265 g/mol. The summed E-state index contributed by atoms with van der Waals surface area (Å²) in [6.45, 7) is 1.99. The number of aryl methyl sites for hydroxylation is 2. The van der Waals surface area contributed by atoms with Crippen molar-refractivity contribution in [2.45, 2.75) is 37.5 Å². The highest BCUT2D eigenvalue weighted by atomic mass is 32.2. The van der Waals surface area contributed by atoms with Gasteiger partial charge in [-0.3, -0.25) is 9.25 Å². The van der Waals surface area contributed by atoms with Gasteiger partial charge in [-0.25, -0.2) is 4.98 Å². The van der Waals surface area contributed by atoms with Crippen LogP contribution < -0.4 is 5.73 Å². The molecule has 2 unspecified atom stereocenters. The Balaban J connectivity index is 2.19. The number of hydrogen-bond donors (Lipinski definition) is 1. The lowest BCUT2D eigenvalue weighted by Crippen LogP contribution is -2.19. The second kappa shape index (κ2) is 4.19. The quantitative estimate of drug-likeness (QED) is 0.903. The Labute approximate surface area is 111 Å². The molecule has 0 aromatic carbocycles. The van der Waals surface area contributed by atoms with Crippen molar-refractivity contribution in [2.24, 2.45) is 7.05 Å². The van der Waals surface area contributed by atoms with Crippen molar-refractivity contribution in [1.82, 2.24) is 19.3 Å². The van der Waals surface area contributed by atoms with Crippen LogP contribution in [-0.4, -0.2) is 30.8 Å². The number of rotatable bonds is 2. The van der Waals surface area contributed by atoms with Crippen LogP contribution in [0.3, 0.4) is 0 Å². The molecule has 1 aliphatic carbocycles. The van der Waals surface area contributed by atoms with Gasteiger partial charge in [-0.05, 0) is 26.0 Å². The minimum Gasteiger partial charge on any atom is -0.369 e. The van der Waals surface area contributed by atoms with Gasteiger partial charge in [0.15, 0.2) is 5.65 Å². The largest absolute Gasteiger partial charge is 0.369 e. The van der Waals surface area contributed by atoms with Gasteiger partial charge in [0.1, 0.15) is 5.52 Å². The van der Waals surface area contributed by atoms with E-state index in [1.807, 2.05) is 30.4 Å². The van der Waals surface area contributed by atoms with Crippen molar-refractivity contribution in [3.8, 4) is 0 Å². The van der Waals surface area contributed by atoms with Crippen LogP contribution in [-0.2, 0) is 7.05 Å². The molecule has 98 valence electrons. The van der Waals surface area contributed by atoms with Gasteiger partial charge in [0.2, 0.25) is 5.95 Å². The van der Waals surface area contributed by atoms with Crippen molar-refractivity contribution in [3.05, 3.63) is 5.69 Å². The first kappa shape index (κ1) is 11.9. The van der Waals surface area contributed by atoms with Crippen LogP contribution in [0.15, 0.2) is 0 Å². The number of thioether (sulfide) groups is 1. The van der Waals surface area contributed by atoms with E-state index in [1.165, 1.54) is 19.3 Å². The molecule has 0 saturated heterocycles. The van der Waals surface area contributed by atoms with Crippen molar-refractivity contribution in [1.29, 1.82) is 0 Å². The Morgan fingerprint density at radius 2 is 2.17 bits per heavy atom. The maximum atomic E-state index is 6.13. The van der Waals surface area contributed by atoms with Gasteiger partial charge in [0, 0.05) is 12.3 Å². The zero-order chi connectivity index (χ0) is 12.9. The fourth-order valence-electron chi connectivity index (χ4n) is 3.12. The van der Waals surface area contributed by atoms with Crippen molar-refractivity contribution in [2.75, 3.05) is 12.0 Å². The van der Waals surface area contributed by atoms with Gasteiger partial charge in [-0.2, -0.15) is 16.9 Å². The third kappa shape index (κ3) is 1.55. The molecule has 5 nitrogen and oxygen atoms in total. The molecule has 0 spiro atoms. The number of hydrogen-bond acceptors (Lipinski definition) is 4. The maximum absolute atomic E-state index is 6.13. The number of nitrogen functional groups attached to an aromatic ring is 1. The van der Waals surface area contributed by atoms with Crippen LogP contribution in [0.25, 0.3) is 11.2 Å². The van der Waals surface area contributed by atoms with Crippen LogP contribution in [0, 0.1) is 6.92 Å². The van der Waals surface area contributed by atoms with E-state index < -0.39 is 0 Å². The molecule has 1 saturated carbocycles. The number of anilines is 1. The van der Waals surface area contributed by atoms with E-state index in [0.29, 0.717) is 17.2 Å². The monoisotopic (exact) mass is 265 g/mol. The highest BCUT2D eigenvalue weighted by Crippen LogP contribution is 2.40. The molecule has 6 heteroatoms. The summed E-state index contributed by atoms with van der Waals surface area (Å²) in [6.07, 6.45) is 5.90. The Bertz CT molecular complexity index is 585. The lowest BCUT2D eigenvalue weighted by Gasteiger charge is -2.21. The van der Waals surface area contributed by atoms with Crippen molar-refractivity contribution < 1.29 is 0 Å². The second-order valence-corrected chi connectivity index (χ2v) is 6.07. The highest BCUT2D eigenvalue weighted by Gasteiger charge is 2.32. The van der Waals surface area contributed by atoms with Gasteiger partial charge >= 0.3 is 0 Å². The molecule has 1 fully saturated rings. The van der Waals surface area contributed by atoms with Crippen molar-refractivity contribution in [3.63, 3.8) is 0 Å². The molecule has 2 aromatic heterocycles. The molecule has 18 heavy (non-hydrogen) atoms. The highest BCUT2D eigenvalue weighted by molar-refractivity contribution is 7.99. The van der Waals surface area contributed by atoms with Crippen LogP contribution in [0.1, 0.15) is 31.0 Å². The SMILES string of the molecule is CSC1CCCC1n1c(N)nc2c(C)nn(C)c21. The molecule has 3 rings (SSSR count). The van der Waals surface area contributed by atoms with Gasteiger partial charge in [0.05, 0.1) is 11.7 Å². The second-order valence-electron chi connectivity index (χ2n) is 4.99. The Hall–Kier alpha value is -1.17. The van der Waals surface area contributed by atoms with E-state index in [4.69, 9.17) is 5.73 Å². The lowest BCUT2D eigenvalue weighted by atomic mass is 10.2. The molecule has 2 N–H and O–H groups in total. The zero-order valence-corrected chi connectivity index (χ0v) is 11.9. The van der Waals surface area contributed by atoms with Crippen LogP contribution in [0.2, 0.25) is 0 Å². The molecule has 0 bridgehead atoms. The molecule has 0 aliphatic heterocycles. The standard InChI is InChI=1S/C12H19N5S/c1-7-10-11(16(2)15-7)17(12(13)14-10)8-5-4-6-9(8)18-3/h8-9H,4-6H2,1-3H3,(H2,13,14). The smallest absolute Gasteiger partial charge is 0.202 e. The number of nitrogens with two attached hydrogens (primary N) is 1. The van der Waals surface area contributed by atoms with Crippen LogP contribution in [0.4, 0.5) is 5.95 Å². The maximum Gasteiger partial charge on any atom is 0.202 e. The minimum absolute atomic E-state index is 0.458. The minimum atomic E-state index is 0.458. The average Bonchev–Trinajstić information content (AvgIpc) is 2.97. The topological polar surface area (TPSA) is 61.7 Å². The van der Waals surface area contributed by atoms with E-state index in [1.54, 1.807) is 0 Å². The Morgan fingerprint density at radius 3 is 2.89 bits per heavy atom. The van der Waals surface area contributed by atoms with Crippen molar-refractivity contribution >= 4 is 28.9 Å². The first-order chi connectivity index (χ1) is 8.63. The number of nitrogens with zero attached hydrogens (tertiary/aromatic N) is 4. The van der Waals surface area contributed by atoms with Crippen LogP contribution in [0.5, 0.6) is 0 Å². The van der Waals surface area contributed by atoms with E-state index in [-0.39, 0.29) is 0 Å². The first-order valence-electron chi connectivity index (χ1n) is 6.33. The number of fused-ring (bicyclic) bond motifs is 1. The molecular formula is C12H19N5S. The summed E-state index contributed by atoms with van der Waals surface area (Å²) in [4.78, 5) is 4.49. The summed E-state index contributed by atoms with van der Waals surface area (Å²) < 4.78 is 4.10. The summed E-state index contributed by atoms with van der Waals surface area (Å²) in [5.41, 5.74) is 9.10. The third-order valence-corrected chi connectivity index (χ3v) is 5.07. The Morgan fingerprint density at radius 1 is 1.39 bits per heavy atom. The predicted octanol–water partition coefficient (Wildman–Crippen LogP) is 2.12. The predicted molar refractivity (Wildman–Crippen MR) is 75.8 cm³/mol. The first-order valence-corrected chi connectivity index (χ1v) is 7.62. The van der Waals surface area contributed by atoms with E-state index in [2.05, 4.69) is 20.9 Å². The van der Waals surface area contributed by atoms with Gasteiger partial charge in [-0.1, -0.05) is 6.42 Å². The zero-order valence-electron chi connectivity index (χ0n) is 11.1. The molecule has 2 atom stereocenters. The Kier molecular flexibility index (Phi) is 2.77. The van der Waals surface area contributed by atoms with E-state index >= 15 is 0 Å². The normalized spacial score (nSPS) is 24.2. The number of imidazole rings is 1. The van der Waals surface area contributed by atoms with Crippen LogP contribution >= 0.6 is 11.8 Å². The summed E-state index contributed by atoms with van der Waals surface area (Å²) in [5, 5.41) is 5.08. The van der Waals surface area contributed by atoms with Gasteiger partial charge < -0.3 is 5.73 Å². The number of aromatic nitrogens is 4. The molecule has 2 heterocycles. The fourth-order valence-corrected chi connectivity index (χ4v) is 4.09. The molecular weight excluding hydrogens is 246 g/mol. The third-order valence-electron chi connectivity index (χ3n) is 3.91. The van der Waals surface area contributed by atoms with E-state index in [0.717, 1.165) is 16.9 Å². The molecule has 2 aromatic rings. The summed E-state index contributed by atoms with van der Waals surface area (Å²) >= 11 is 1.93. The summed E-state index contributed by atoms with van der Waals surface area (Å²) in [6, 6.07) is 0.458. The lowest BCUT2D eigenvalue weighted by molar-refractivity contribution is 0.536. The molecule has 0 amide bonds.